The van der Waals surface area contributed by atoms with Crippen LogP contribution in [0.5, 0.6) is 5.75 Å². The van der Waals surface area contributed by atoms with Gasteiger partial charge in [-0.2, -0.15) is 0 Å². The molecule has 0 bridgehead atoms. The lowest BCUT2D eigenvalue weighted by molar-refractivity contribution is -0.125. The lowest BCUT2D eigenvalue weighted by Crippen LogP contribution is -2.30. The van der Waals surface area contributed by atoms with Gasteiger partial charge in [0, 0.05) is 17.9 Å². The molecule has 5 nitrogen and oxygen atoms in total. The minimum atomic E-state index is -0.262. The van der Waals surface area contributed by atoms with Crippen LogP contribution in [0.1, 0.15) is 89.0 Å². The predicted octanol–water partition coefficient (Wildman–Crippen LogP) is 4.98. The maximum atomic E-state index is 14.3. The zero-order valence-corrected chi connectivity index (χ0v) is 19.1. The zero-order valence-electron chi connectivity index (χ0n) is 19.1. The van der Waals surface area contributed by atoms with Crippen molar-refractivity contribution >= 4 is 11.8 Å². The van der Waals surface area contributed by atoms with E-state index < -0.39 is 0 Å². The number of carbonyl (C=O) groups is 2. The molecule has 1 atom stereocenters. The van der Waals surface area contributed by atoms with Crippen LogP contribution in [0.25, 0.3) is 0 Å². The third kappa shape index (κ3) is 6.09. The molecule has 3 fully saturated rings. The number of imide groups is 1. The number of unbranched alkanes of at least 4 members (excludes halogenated alkanes) is 4. The number of benzene rings is 1. The van der Waals surface area contributed by atoms with Crippen molar-refractivity contribution in [1.29, 1.82) is 0 Å². The Bertz CT molecular complexity index is 802. The van der Waals surface area contributed by atoms with E-state index in [1.54, 1.807) is 6.07 Å². The quantitative estimate of drug-likeness (QED) is 0.333. The highest BCUT2D eigenvalue weighted by molar-refractivity contribution is 6.03. The summed E-state index contributed by atoms with van der Waals surface area (Å²) in [6.07, 6.45) is 13.8. The fourth-order valence-corrected chi connectivity index (χ4v) is 5.20. The first-order valence-electron chi connectivity index (χ1n) is 12.6. The molecule has 1 heterocycles. The van der Waals surface area contributed by atoms with E-state index in [1.807, 2.05) is 12.1 Å². The topological polar surface area (TPSA) is 67.4 Å². The van der Waals surface area contributed by atoms with Gasteiger partial charge in [0.05, 0.1) is 6.61 Å². The van der Waals surface area contributed by atoms with Crippen molar-refractivity contribution in [3.05, 3.63) is 29.6 Å². The fraction of sp³-hybridized carbons (Fsp3) is 0.692. The van der Waals surface area contributed by atoms with Gasteiger partial charge in [-0.15, -0.1) is 0 Å². The molecule has 0 spiro atoms. The van der Waals surface area contributed by atoms with E-state index in [2.05, 4.69) is 10.6 Å². The van der Waals surface area contributed by atoms with Gasteiger partial charge in [-0.3, -0.25) is 14.9 Å². The van der Waals surface area contributed by atoms with Crippen molar-refractivity contribution in [3.8, 4) is 5.75 Å². The molecule has 1 aliphatic heterocycles. The average molecular weight is 445 g/mol. The Labute approximate surface area is 190 Å². The summed E-state index contributed by atoms with van der Waals surface area (Å²) in [5.41, 5.74) is 1.13. The van der Waals surface area contributed by atoms with Crippen LogP contribution >= 0.6 is 0 Å². The SMILES string of the molecule is O=C1CC(CCCCCCCNC2(c3ccc(F)c(OCC4CCCC4)c3)CC2)C(=O)N1. The second-order valence-electron chi connectivity index (χ2n) is 9.99. The van der Waals surface area contributed by atoms with E-state index in [0.717, 1.165) is 63.5 Å². The Morgan fingerprint density at radius 1 is 1.06 bits per heavy atom. The molecule has 0 radical (unpaired) electrons. The van der Waals surface area contributed by atoms with E-state index in [9.17, 15) is 14.0 Å². The Kier molecular flexibility index (Phi) is 7.82. The molecule has 1 aromatic carbocycles. The third-order valence-electron chi connectivity index (χ3n) is 7.44. The van der Waals surface area contributed by atoms with Crippen molar-refractivity contribution < 1.29 is 18.7 Å². The molecular formula is C26H37FN2O3. The number of ether oxygens (including phenoxy) is 1. The molecule has 1 aromatic rings. The molecule has 3 aliphatic rings. The van der Waals surface area contributed by atoms with Gasteiger partial charge in [-0.1, -0.05) is 44.6 Å². The second kappa shape index (κ2) is 10.8. The van der Waals surface area contributed by atoms with E-state index >= 15 is 0 Å². The Hall–Kier alpha value is -1.95. The molecule has 2 amide bonds. The monoisotopic (exact) mass is 444 g/mol. The molecule has 4 rings (SSSR count). The number of nitrogens with one attached hydrogen (secondary N) is 2. The zero-order chi connectivity index (χ0) is 22.4. The highest BCUT2D eigenvalue weighted by Gasteiger charge is 2.44. The largest absolute Gasteiger partial charge is 0.490 e. The van der Waals surface area contributed by atoms with Gasteiger partial charge in [0.15, 0.2) is 11.6 Å². The summed E-state index contributed by atoms with van der Waals surface area (Å²) in [4.78, 5) is 22.8. The molecule has 2 N–H and O–H groups in total. The van der Waals surface area contributed by atoms with Gasteiger partial charge in [0.25, 0.3) is 0 Å². The normalized spacial score (nSPS) is 22.3. The van der Waals surface area contributed by atoms with Crippen LogP contribution in [-0.2, 0) is 15.1 Å². The first kappa shape index (κ1) is 23.2. The Morgan fingerprint density at radius 2 is 1.81 bits per heavy atom. The lowest BCUT2D eigenvalue weighted by atomic mass is 9.99. The third-order valence-corrected chi connectivity index (χ3v) is 7.44. The fourth-order valence-electron chi connectivity index (χ4n) is 5.20. The molecule has 6 heteroatoms. The maximum Gasteiger partial charge on any atom is 0.230 e. The minimum absolute atomic E-state index is 0.0124. The Balaban J connectivity index is 1.13. The van der Waals surface area contributed by atoms with Crippen LogP contribution in [0.4, 0.5) is 4.39 Å². The molecule has 32 heavy (non-hydrogen) atoms. The lowest BCUT2D eigenvalue weighted by Gasteiger charge is -2.20. The van der Waals surface area contributed by atoms with Gasteiger partial charge in [-0.05, 0) is 68.7 Å². The minimum Gasteiger partial charge on any atom is -0.490 e. The van der Waals surface area contributed by atoms with Crippen LogP contribution in [0.15, 0.2) is 18.2 Å². The highest BCUT2D eigenvalue weighted by atomic mass is 19.1. The van der Waals surface area contributed by atoms with Crippen molar-refractivity contribution in [2.75, 3.05) is 13.2 Å². The number of halogens is 1. The molecule has 0 aromatic heterocycles. The summed E-state index contributed by atoms with van der Waals surface area (Å²) in [5.74, 6) is 0.378. The smallest absolute Gasteiger partial charge is 0.230 e. The number of rotatable bonds is 13. The summed E-state index contributed by atoms with van der Waals surface area (Å²) >= 11 is 0. The van der Waals surface area contributed by atoms with Crippen molar-refractivity contribution in [3.63, 3.8) is 0 Å². The molecule has 2 aliphatic carbocycles. The van der Waals surface area contributed by atoms with Crippen LogP contribution in [-0.4, -0.2) is 25.0 Å². The summed E-state index contributed by atoms with van der Waals surface area (Å²) in [5, 5.41) is 6.09. The van der Waals surface area contributed by atoms with Gasteiger partial charge in [-0.25, -0.2) is 4.39 Å². The Morgan fingerprint density at radius 3 is 2.53 bits per heavy atom. The summed E-state index contributed by atoms with van der Waals surface area (Å²) in [7, 11) is 0. The van der Waals surface area contributed by atoms with Crippen molar-refractivity contribution in [1.82, 2.24) is 10.6 Å². The van der Waals surface area contributed by atoms with E-state index in [0.29, 0.717) is 24.7 Å². The number of hydrogen-bond donors (Lipinski definition) is 2. The van der Waals surface area contributed by atoms with Gasteiger partial charge in [0.1, 0.15) is 0 Å². The standard InChI is InChI=1S/C26H37FN2O3/c27-22-12-11-21(17-23(22)32-18-19-8-5-6-9-19)26(13-14-26)28-15-7-3-1-2-4-10-20-16-24(30)29-25(20)31/h11-12,17,19-20,28H,1-10,13-16,18H2,(H,29,30,31). The number of carbonyl (C=O) groups excluding carboxylic acids is 2. The van der Waals surface area contributed by atoms with Crippen LogP contribution in [0, 0.1) is 17.7 Å². The first-order valence-corrected chi connectivity index (χ1v) is 12.6. The van der Waals surface area contributed by atoms with E-state index in [-0.39, 0.29) is 29.1 Å². The molecule has 1 saturated heterocycles. The second-order valence-corrected chi connectivity index (χ2v) is 9.99. The number of hydrogen-bond acceptors (Lipinski definition) is 4. The average Bonchev–Trinajstić information content (AvgIpc) is 3.23. The van der Waals surface area contributed by atoms with Gasteiger partial charge < -0.3 is 10.1 Å². The molecule has 2 saturated carbocycles. The van der Waals surface area contributed by atoms with Crippen LogP contribution in [0.2, 0.25) is 0 Å². The molecule has 1 unspecified atom stereocenters. The molecular weight excluding hydrogens is 407 g/mol. The van der Waals surface area contributed by atoms with Crippen LogP contribution in [0.3, 0.4) is 0 Å². The van der Waals surface area contributed by atoms with E-state index in [4.69, 9.17) is 4.74 Å². The number of amides is 2. The first-order chi connectivity index (χ1) is 15.6. The van der Waals surface area contributed by atoms with Crippen molar-refractivity contribution in [2.45, 2.75) is 89.0 Å². The van der Waals surface area contributed by atoms with Gasteiger partial charge >= 0.3 is 0 Å². The van der Waals surface area contributed by atoms with E-state index in [1.165, 1.54) is 25.7 Å². The highest BCUT2D eigenvalue weighted by Crippen LogP contribution is 2.46. The summed E-state index contributed by atoms with van der Waals surface area (Å²) < 4.78 is 20.1. The summed E-state index contributed by atoms with van der Waals surface area (Å²) in [6.45, 7) is 1.58. The molecule has 176 valence electrons. The van der Waals surface area contributed by atoms with Gasteiger partial charge in [0.2, 0.25) is 11.8 Å². The van der Waals surface area contributed by atoms with Crippen LogP contribution < -0.4 is 15.4 Å². The predicted molar refractivity (Wildman–Crippen MR) is 122 cm³/mol. The van der Waals surface area contributed by atoms with Crippen molar-refractivity contribution in [2.24, 2.45) is 11.8 Å². The summed E-state index contributed by atoms with van der Waals surface area (Å²) in [6, 6.07) is 5.37. The maximum absolute atomic E-state index is 14.3.